The van der Waals surface area contributed by atoms with Gasteiger partial charge in [-0.3, -0.25) is 9.78 Å². The van der Waals surface area contributed by atoms with Gasteiger partial charge < -0.3 is 30.3 Å². The number of amides is 1. The Labute approximate surface area is 206 Å². The molecule has 0 unspecified atom stereocenters. The second-order valence-electron chi connectivity index (χ2n) is 7.80. The fourth-order valence-corrected chi connectivity index (χ4v) is 3.62. The van der Waals surface area contributed by atoms with Gasteiger partial charge in [-0.15, -0.1) is 0 Å². The summed E-state index contributed by atoms with van der Waals surface area (Å²) in [5, 5.41) is 8.61. The van der Waals surface area contributed by atoms with Crippen molar-refractivity contribution in [2.24, 2.45) is 0 Å². The second kappa shape index (κ2) is 12.4. The molecule has 0 fully saturated rings. The van der Waals surface area contributed by atoms with E-state index in [0.717, 1.165) is 18.2 Å². The third kappa shape index (κ3) is 7.30. The minimum atomic E-state index is -3.23. The fourth-order valence-electron chi connectivity index (χ4n) is 3.29. The van der Waals surface area contributed by atoms with Crippen molar-refractivity contribution in [1.29, 1.82) is 0 Å². The van der Waals surface area contributed by atoms with Gasteiger partial charge >= 0.3 is 6.61 Å². The van der Waals surface area contributed by atoms with Crippen molar-refractivity contribution in [2.75, 3.05) is 39.1 Å². The first kappa shape index (κ1) is 26.2. The van der Waals surface area contributed by atoms with E-state index in [9.17, 15) is 18.0 Å². The lowest BCUT2D eigenvalue weighted by Gasteiger charge is -2.24. The van der Waals surface area contributed by atoms with Crippen molar-refractivity contribution >= 4 is 28.8 Å². The molecule has 3 N–H and O–H groups in total. The molecule has 0 bridgehead atoms. The number of alkyl halides is 2. The number of likely N-dealkylation sites (N-methyl/N-ethyl adjacent to an activating group) is 1. The Kier molecular flexibility index (Phi) is 9.26. The summed E-state index contributed by atoms with van der Waals surface area (Å²) in [6.07, 6.45) is 3.71. The Bertz CT molecular complexity index is 1100. The van der Waals surface area contributed by atoms with Gasteiger partial charge in [0.2, 0.25) is 0 Å². The molecular weight excluding hydrogens is 483 g/mol. The molecule has 1 amide bonds. The average molecular weight is 510 g/mol. The first-order chi connectivity index (χ1) is 16.8. The number of hydrogen-bond acceptors (Lipinski definition) is 7. The van der Waals surface area contributed by atoms with Crippen LogP contribution in [0.5, 0.6) is 11.5 Å². The third-order valence-electron chi connectivity index (χ3n) is 5.00. The predicted molar refractivity (Wildman–Crippen MR) is 129 cm³/mol. The monoisotopic (exact) mass is 509 g/mol. The quantitative estimate of drug-likeness (QED) is 0.399. The molecule has 12 heteroatoms. The van der Waals surface area contributed by atoms with E-state index in [-0.39, 0.29) is 16.2 Å². The third-order valence-corrected chi connectivity index (χ3v) is 5.30. The lowest BCUT2D eigenvalue weighted by molar-refractivity contribution is -0.117. The van der Waals surface area contributed by atoms with Crippen LogP contribution in [0, 0.1) is 5.82 Å². The summed E-state index contributed by atoms with van der Waals surface area (Å²) < 4.78 is 49.7. The molecule has 1 aromatic heterocycles. The SMILES string of the molecule is CN(C)CCOc1cnccc1CNC1=C(C(=S)Nc2cccc(F)c2OC(F)F)C(=O)NCC1. The van der Waals surface area contributed by atoms with E-state index in [0.29, 0.717) is 37.6 Å². The van der Waals surface area contributed by atoms with Gasteiger partial charge in [0.25, 0.3) is 5.91 Å². The maximum Gasteiger partial charge on any atom is 0.387 e. The molecule has 0 saturated carbocycles. The van der Waals surface area contributed by atoms with Gasteiger partial charge in [-0.05, 0) is 32.3 Å². The Balaban J connectivity index is 1.79. The summed E-state index contributed by atoms with van der Waals surface area (Å²) in [5.74, 6) is -1.51. The van der Waals surface area contributed by atoms with Gasteiger partial charge in [-0.25, -0.2) is 4.39 Å². The first-order valence-corrected chi connectivity index (χ1v) is 11.2. The van der Waals surface area contributed by atoms with E-state index >= 15 is 0 Å². The van der Waals surface area contributed by atoms with Gasteiger partial charge in [-0.2, -0.15) is 8.78 Å². The molecule has 35 heavy (non-hydrogen) atoms. The Hall–Kier alpha value is -3.38. The summed E-state index contributed by atoms with van der Waals surface area (Å²) in [4.78, 5) is 18.7. The number of ether oxygens (including phenoxy) is 2. The molecule has 1 aliphatic rings. The van der Waals surface area contributed by atoms with Crippen LogP contribution in [-0.2, 0) is 11.3 Å². The van der Waals surface area contributed by atoms with Crippen LogP contribution in [0.3, 0.4) is 0 Å². The van der Waals surface area contributed by atoms with E-state index in [4.69, 9.17) is 17.0 Å². The van der Waals surface area contributed by atoms with Gasteiger partial charge in [0.1, 0.15) is 17.3 Å². The number of rotatable bonds is 11. The smallest absolute Gasteiger partial charge is 0.387 e. The fraction of sp³-hybridized carbons (Fsp3) is 0.348. The number of carbonyl (C=O) groups excluding carboxylic acids is 1. The van der Waals surface area contributed by atoms with Crippen LogP contribution in [0.4, 0.5) is 18.9 Å². The molecule has 8 nitrogen and oxygen atoms in total. The van der Waals surface area contributed by atoms with Crippen molar-refractivity contribution < 1.29 is 27.4 Å². The molecule has 0 aliphatic carbocycles. The molecule has 0 saturated heterocycles. The van der Waals surface area contributed by atoms with E-state index in [1.807, 2.05) is 19.0 Å². The standard InChI is InChI=1S/C23H26F3N5O3S/c1-31(2)10-11-33-18-13-27-8-6-14(18)12-29-16-7-9-28-21(32)19(16)22(35)30-17-5-3-4-15(24)20(17)34-23(25)26/h3-6,8,13,23,29H,7,9-12H2,1-2H3,(H,28,32)(H,30,35). The summed E-state index contributed by atoms with van der Waals surface area (Å²) in [5.41, 5.74) is 1.39. The summed E-state index contributed by atoms with van der Waals surface area (Å²) >= 11 is 5.39. The van der Waals surface area contributed by atoms with Crippen LogP contribution < -0.4 is 25.4 Å². The Morgan fingerprint density at radius 2 is 2.11 bits per heavy atom. The summed E-state index contributed by atoms with van der Waals surface area (Å²) in [6, 6.07) is 5.43. The van der Waals surface area contributed by atoms with Crippen LogP contribution in [0.1, 0.15) is 12.0 Å². The minimum absolute atomic E-state index is 0.0633. The Morgan fingerprint density at radius 3 is 2.86 bits per heavy atom. The number of thiocarbonyl (C=S) groups is 1. The number of para-hydroxylation sites is 1. The van der Waals surface area contributed by atoms with Gasteiger partial charge in [-0.1, -0.05) is 18.3 Å². The summed E-state index contributed by atoms with van der Waals surface area (Å²) in [7, 11) is 3.89. The number of halogens is 3. The molecule has 1 aliphatic heterocycles. The minimum Gasteiger partial charge on any atom is -0.490 e. The van der Waals surface area contributed by atoms with Crippen molar-refractivity contribution in [3.63, 3.8) is 0 Å². The highest BCUT2D eigenvalue weighted by Gasteiger charge is 2.25. The van der Waals surface area contributed by atoms with Crippen molar-refractivity contribution in [3.8, 4) is 11.5 Å². The Morgan fingerprint density at radius 1 is 1.31 bits per heavy atom. The molecule has 0 radical (unpaired) electrons. The van der Waals surface area contributed by atoms with Gasteiger partial charge in [0.15, 0.2) is 11.6 Å². The lowest BCUT2D eigenvalue weighted by atomic mass is 10.1. The van der Waals surface area contributed by atoms with Gasteiger partial charge in [0, 0.05) is 43.5 Å². The average Bonchev–Trinajstić information content (AvgIpc) is 2.80. The zero-order chi connectivity index (χ0) is 25.4. The van der Waals surface area contributed by atoms with Crippen molar-refractivity contribution in [1.82, 2.24) is 20.5 Å². The summed E-state index contributed by atoms with van der Waals surface area (Å²) in [6.45, 7) is -1.31. The van der Waals surface area contributed by atoms with E-state index < -0.39 is 24.1 Å². The van der Waals surface area contributed by atoms with Crippen molar-refractivity contribution in [2.45, 2.75) is 19.6 Å². The van der Waals surface area contributed by atoms with E-state index in [1.165, 1.54) is 12.1 Å². The highest BCUT2D eigenvalue weighted by molar-refractivity contribution is 7.81. The van der Waals surface area contributed by atoms with Crippen LogP contribution in [0.2, 0.25) is 0 Å². The number of nitrogens with one attached hydrogen (secondary N) is 3. The number of pyridine rings is 1. The van der Waals surface area contributed by atoms with Crippen LogP contribution >= 0.6 is 12.2 Å². The molecular formula is C23H26F3N5O3S. The number of aromatic nitrogens is 1. The van der Waals surface area contributed by atoms with Crippen molar-refractivity contribution in [3.05, 3.63) is 59.3 Å². The molecule has 2 aromatic rings. The van der Waals surface area contributed by atoms with Crippen LogP contribution in [0.25, 0.3) is 0 Å². The number of carbonyl (C=O) groups is 1. The van der Waals surface area contributed by atoms with Crippen LogP contribution in [-0.4, -0.2) is 61.2 Å². The predicted octanol–water partition coefficient (Wildman–Crippen LogP) is 3.07. The number of anilines is 1. The molecule has 0 atom stereocenters. The lowest BCUT2D eigenvalue weighted by Crippen LogP contribution is -2.39. The maximum absolute atomic E-state index is 14.1. The zero-order valence-corrected chi connectivity index (χ0v) is 20.1. The number of benzene rings is 1. The first-order valence-electron chi connectivity index (χ1n) is 10.8. The highest BCUT2D eigenvalue weighted by atomic mass is 32.1. The topological polar surface area (TPSA) is 87.8 Å². The van der Waals surface area contributed by atoms with Crippen LogP contribution in [0.15, 0.2) is 47.9 Å². The second-order valence-corrected chi connectivity index (χ2v) is 8.21. The molecule has 188 valence electrons. The number of nitrogens with zero attached hydrogens (tertiary/aromatic N) is 2. The largest absolute Gasteiger partial charge is 0.490 e. The highest BCUT2D eigenvalue weighted by Crippen LogP contribution is 2.30. The molecule has 0 spiro atoms. The molecule has 2 heterocycles. The van der Waals surface area contributed by atoms with E-state index in [1.54, 1.807) is 18.5 Å². The molecule has 1 aromatic carbocycles. The number of hydrogen-bond donors (Lipinski definition) is 3. The normalized spacial score (nSPS) is 13.6. The van der Waals surface area contributed by atoms with Gasteiger partial charge in [0.05, 0.1) is 17.5 Å². The molecule has 3 rings (SSSR count). The maximum atomic E-state index is 14.1. The zero-order valence-electron chi connectivity index (χ0n) is 19.2. The van der Waals surface area contributed by atoms with E-state index in [2.05, 4.69) is 25.7 Å².